The summed E-state index contributed by atoms with van der Waals surface area (Å²) < 4.78 is 2.49. The average molecular weight is 910 g/mol. The lowest BCUT2D eigenvalue weighted by molar-refractivity contribution is 0.424. The van der Waals surface area contributed by atoms with Crippen LogP contribution in [0.25, 0.3) is 38.6 Å². The predicted molar refractivity (Wildman–Crippen MR) is 297 cm³/mol. The molecule has 4 unspecified atom stereocenters. The van der Waals surface area contributed by atoms with Gasteiger partial charge in [0.05, 0.1) is 17.1 Å². The second-order valence-electron chi connectivity index (χ2n) is 20.2. The molecule has 0 fully saturated rings. The lowest BCUT2D eigenvalue weighted by atomic mass is 9.84. The van der Waals surface area contributed by atoms with E-state index in [1.165, 1.54) is 95.8 Å². The zero-order valence-electron chi connectivity index (χ0n) is 40.5. The molecule has 1 aromatic heterocycles. The minimum atomic E-state index is 0.181. The van der Waals surface area contributed by atoms with E-state index in [1.807, 2.05) is 0 Å². The number of hydrogen-bond acceptors (Lipinski definition) is 2. The summed E-state index contributed by atoms with van der Waals surface area (Å²) in [6.07, 6.45) is 44.7. The Morgan fingerprint density at radius 2 is 1.26 bits per heavy atom. The lowest BCUT2D eigenvalue weighted by Gasteiger charge is -2.38. The van der Waals surface area contributed by atoms with E-state index in [-0.39, 0.29) is 6.04 Å². The van der Waals surface area contributed by atoms with Crippen LogP contribution >= 0.6 is 0 Å². The number of benzene rings is 5. The summed E-state index contributed by atoms with van der Waals surface area (Å²) in [5.74, 6) is 1.52. The number of rotatable bonds is 11. The molecule has 0 bridgehead atoms. The molecule has 3 nitrogen and oxygen atoms in total. The van der Waals surface area contributed by atoms with Crippen LogP contribution in [0.4, 0.5) is 5.69 Å². The predicted octanol–water partition coefficient (Wildman–Crippen LogP) is 17.4. The first-order chi connectivity index (χ1) is 34.6. The third-order valence-corrected chi connectivity index (χ3v) is 15.8. The molecule has 6 aliphatic rings. The highest BCUT2D eigenvalue weighted by molar-refractivity contribution is 6.11. The number of fused-ring (bicyclic) bond motifs is 3. The van der Waals surface area contributed by atoms with Crippen LogP contribution in [0.5, 0.6) is 0 Å². The SMILES string of the molecule is CC1C=CC(n2c3ccccc3c3ccc(N(C4=CCC(C5=CC=C(N(C6=CC=C(c7ccccc7)CC6)C6=CCC(c7ccccc7)CC6)CC5)C=C4)C4C=CC(c5ccccc5)=CC4)cc32)=CC1. The van der Waals surface area contributed by atoms with Crippen LogP contribution in [-0.2, 0) is 0 Å². The van der Waals surface area contributed by atoms with E-state index in [1.54, 1.807) is 0 Å². The van der Waals surface area contributed by atoms with Crippen LogP contribution in [-0.4, -0.2) is 15.5 Å². The molecule has 0 saturated heterocycles. The Bertz CT molecular complexity index is 3280. The van der Waals surface area contributed by atoms with Gasteiger partial charge < -0.3 is 14.4 Å². The van der Waals surface area contributed by atoms with Crippen LogP contribution in [0, 0.1) is 11.8 Å². The van der Waals surface area contributed by atoms with Gasteiger partial charge >= 0.3 is 0 Å². The third kappa shape index (κ3) is 8.79. The maximum atomic E-state index is 2.67. The first kappa shape index (κ1) is 43.9. The normalized spacial score (nSPS) is 22.3. The molecule has 3 heteroatoms. The zero-order chi connectivity index (χ0) is 46.8. The topological polar surface area (TPSA) is 11.4 Å². The largest absolute Gasteiger partial charge is 0.334 e. The van der Waals surface area contributed by atoms with Crippen molar-refractivity contribution < 1.29 is 0 Å². The molecule has 0 saturated carbocycles. The molecular formula is C67H63N3. The molecule has 1 heterocycles. The van der Waals surface area contributed by atoms with Crippen molar-refractivity contribution in [1.29, 1.82) is 0 Å². The Balaban J connectivity index is 0.846. The van der Waals surface area contributed by atoms with Gasteiger partial charge in [-0.15, -0.1) is 0 Å². The number of para-hydroxylation sites is 1. The summed E-state index contributed by atoms with van der Waals surface area (Å²) in [4.78, 5) is 5.28. The maximum Gasteiger partial charge on any atom is 0.0561 e. The summed E-state index contributed by atoms with van der Waals surface area (Å²) in [5.41, 5.74) is 19.0. The Labute approximate surface area is 415 Å². The van der Waals surface area contributed by atoms with Crippen molar-refractivity contribution >= 4 is 44.3 Å². The molecule has 4 atom stereocenters. The van der Waals surface area contributed by atoms with Gasteiger partial charge in [-0.05, 0) is 146 Å². The number of nitrogens with zero attached hydrogens (tertiary/aromatic N) is 3. The van der Waals surface area contributed by atoms with E-state index in [4.69, 9.17) is 0 Å². The monoisotopic (exact) mass is 910 g/mol. The first-order valence-electron chi connectivity index (χ1n) is 26.0. The van der Waals surface area contributed by atoms with Crippen molar-refractivity contribution in [2.45, 2.75) is 83.1 Å². The Morgan fingerprint density at radius 1 is 0.514 bits per heavy atom. The molecule has 0 spiro atoms. The van der Waals surface area contributed by atoms with Gasteiger partial charge in [0.15, 0.2) is 0 Å². The minimum absolute atomic E-state index is 0.181. The van der Waals surface area contributed by atoms with Crippen LogP contribution < -0.4 is 4.90 Å². The fourth-order valence-electron chi connectivity index (χ4n) is 12.0. The minimum Gasteiger partial charge on any atom is -0.334 e. The van der Waals surface area contributed by atoms with Gasteiger partial charge in [0, 0.05) is 50.9 Å². The van der Waals surface area contributed by atoms with Gasteiger partial charge in [-0.3, -0.25) is 0 Å². The highest BCUT2D eigenvalue weighted by Crippen LogP contribution is 2.43. The van der Waals surface area contributed by atoms with Gasteiger partial charge in [-0.25, -0.2) is 0 Å². The second kappa shape index (κ2) is 19.6. The van der Waals surface area contributed by atoms with E-state index in [0.717, 1.165) is 57.8 Å². The molecule has 346 valence electrons. The van der Waals surface area contributed by atoms with Crippen molar-refractivity contribution in [3.05, 3.63) is 264 Å². The molecular weight excluding hydrogens is 847 g/mol. The van der Waals surface area contributed by atoms with Gasteiger partial charge in [0.2, 0.25) is 0 Å². The Kier molecular flexibility index (Phi) is 12.3. The van der Waals surface area contributed by atoms with Crippen molar-refractivity contribution in [1.82, 2.24) is 9.47 Å². The van der Waals surface area contributed by atoms with Gasteiger partial charge in [-0.2, -0.15) is 0 Å². The lowest BCUT2D eigenvalue weighted by Crippen LogP contribution is -2.34. The smallest absolute Gasteiger partial charge is 0.0561 e. The van der Waals surface area contributed by atoms with E-state index in [9.17, 15) is 0 Å². The van der Waals surface area contributed by atoms with E-state index >= 15 is 0 Å². The van der Waals surface area contributed by atoms with Crippen LogP contribution in [0.15, 0.2) is 247 Å². The van der Waals surface area contributed by atoms with Crippen LogP contribution in [0.2, 0.25) is 0 Å². The molecule has 12 rings (SSSR count). The summed E-state index contributed by atoms with van der Waals surface area (Å²) in [7, 11) is 0. The molecule has 70 heavy (non-hydrogen) atoms. The van der Waals surface area contributed by atoms with Gasteiger partial charge in [0.25, 0.3) is 0 Å². The molecule has 0 radical (unpaired) electrons. The molecule has 0 aliphatic heterocycles. The maximum absolute atomic E-state index is 2.67. The Hall–Kier alpha value is -7.36. The van der Waals surface area contributed by atoms with E-state index in [0.29, 0.717) is 17.8 Å². The summed E-state index contributed by atoms with van der Waals surface area (Å²) in [6.45, 7) is 2.30. The number of hydrogen-bond donors (Lipinski definition) is 0. The standard InChI is InChI=1S/C67H63N3/c1-48-21-33-62(34-22-48)70-66-20-12-11-19-64(66)65-46-45-63(47-67(65)70)69(60-41-27-54(28-42-60)51-17-9-4-10-18-51)61-43-31-56(32-44-61)55-29-39-59(40-30-55)68(57-35-23-52(24-36-57)49-13-5-2-6-14-49)58-37-25-53(26-38-58)50-15-7-3-8-16-50/h2-21,23,27-29,31,33-35,37,39,41,43-48,53,56,60H,22,24-26,30,32,36,38,40,42H2,1H3. The van der Waals surface area contributed by atoms with Crippen molar-refractivity contribution in [2.24, 2.45) is 11.8 Å². The first-order valence-corrected chi connectivity index (χ1v) is 26.0. The number of anilines is 1. The summed E-state index contributed by atoms with van der Waals surface area (Å²) >= 11 is 0. The van der Waals surface area contributed by atoms with Crippen molar-refractivity contribution in [3.63, 3.8) is 0 Å². The molecule has 0 amide bonds. The molecule has 5 aromatic carbocycles. The fraction of sp³-hybridized carbons (Fsp3) is 0.224. The van der Waals surface area contributed by atoms with Crippen molar-refractivity contribution in [2.75, 3.05) is 4.90 Å². The fourth-order valence-corrected chi connectivity index (χ4v) is 12.0. The van der Waals surface area contributed by atoms with Gasteiger partial charge in [0.1, 0.15) is 0 Å². The van der Waals surface area contributed by atoms with E-state index in [2.05, 4.69) is 240 Å². The molecule has 6 aliphatic carbocycles. The number of aromatic nitrogens is 1. The highest BCUT2D eigenvalue weighted by atomic mass is 15.2. The zero-order valence-corrected chi connectivity index (χ0v) is 40.5. The second-order valence-corrected chi connectivity index (χ2v) is 20.2. The third-order valence-electron chi connectivity index (χ3n) is 15.8. The van der Waals surface area contributed by atoms with E-state index < -0.39 is 0 Å². The molecule has 0 N–H and O–H groups in total. The van der Waals surface area contributed by atoms with Crippen LogP contribution in [0.1, 0.15) is 93.7 Å². The van der Waals surface area contributed by atoms with Crippen molar-refractivity contribution in [3.8, 4) is 0 Å². The number of allylic oxidation sites excluding steroid dienone is 19. The summed E-state index contributed by atoms with van der Waals surface area (Å²) in [5, 5.41) is 2.60. The summed E-state index contributed by atoms with van der Waals surface area (Å²) in [6, 6.07) is 49.2. The Morgan fingerprint density at radius 3 is 1.93 bits per heavy atom. The quantitative estimate of drug-likeness (QED) is 0.128. The molecule has 6 aromatic rings. The van der Waals surface area contributed by atoms with Gasteiger partial charge in [-0.1, -0.05) is 189 Å². The van der Waals surface area contributed by atoms with Crippen LogP contribution in [0.3, 0.4) is 0 Å². The average Bonchev–Trinajstić information content (AvgIpc) is 3.76. The highest BCUT2D eigenvalue weighted by Gasteiger charge is 2.29.